The highest BCUT2D eigenvalue weighted by Crippen LogP contribution is 2.30. The first-order chi connectivity index (χ1) is 12.7. The summed E-state index contributed by atoms with van der Waals surface area (Å²) >= 11 is 0. The van der Waals surface area contributed by atoms with Gasteiger partial charge in [0.25, 0.3) is 0 Å². The van der Waals surface area contributed by atoms with Crippen molar-refractivity contribution in [2.75, 3.05) is 32.1 Å². The number of oxazole rings is 1. The maximum absolute atomic E-state index is 12.2. The number of anilines is 1. The smallest absolute Gasteiger partial charge is 0.242 e. The molecule has 1 aromatic carbocycles. The third-order valence-electron chi connectivity index (χ3n) is 4.30. The SMILES string of the molecule is C[C@H]1CN(c2oc(-c3ccc(S(=O)(=O)N(C)C)cc3)nc2C#N)C[C@H](C)O1. The number of aromatic nitrogens is 1. The average Bonchev–Trinajstić information content (AvgIpc) is 3.05. The predicted molar refractivity (Wildman–Crippen MR) is 99.7 cm³/mol. The van der Waals surface area contributed by atoms with Crippen molar-refractivity contribution in [3.05, 3.63) is 30.0 Å². The Morgan fingerprint density at radius 2 is 1.78 bits per heavy atom. The van der Waals surface area contributed by atoms with Gasteiger partial charge in [0.05, 0.1) is 17.1 Å². The Hall–Kier alpha value is -2.41. The van der Waals surface area contributed by atoms with Gasteiger partial charge in [-0.05, 0) is 38.1 Å². The minimum atomic E-state index is -3.51. The molecule has 2 aromatic rings. The van der Waals surface area contributed by atoms with Gasteiger partial charge in [-0.15, -0.1) is 0 Å². The molecule has 0 amide bonds. The number of rotatable bonds is 4. The molecule has 1 saturated heterocycles. The lowest BCUT2D eigenvalue weighted by Gasteiger charge is -2.34. The summed E-state index contributed by atoms with van der Waals surface area (Å²) < 4.78 is 37.1. The van der Waals surface area contributed by atoms with Crippen molar-refractivity contribution in [1.29, 1.82) is 5.26 Å². The van der Waals surface area contributed by atoms with E-state index in [1.807, 2.05) is 18.7 Å². The van der Waals surface area contributed by atoms with Crippen LogP contribution >= 0.6 is 0 Å². The molecule has 0 bridgehead atoms. The van der Waals surface area contributed by atoms with Crippen molar-refractivity contribution in [2.45, 2.75) is 31.0 Å². The summed E-state index contributed by atoms with van der Waals surface area (Å²) in [5.74, 6) is 0.696. The van der Waals surface area contributed by atoms with Gasteiger partial charge in [0.15, 0.2) is 0 Å². The van der Waals surface area contributed by atoms with Crippen LogP contribution in [0.5, 0.6) is 0 Å². The van der Waals surface area contributed by atoms with Gasteiger partial charge in [0.1, 0.15) is 6.07 Å². The molecule has 1 aromatic heterocycles. The molecule has 1 fully saturated rings. The Morgan fingerprint density at radius 3 is 2.30 bits per heavy atom. The summed E-state index contributed by atoms with van der Waals surface area (Å²) in [6.07, 6.45) is 0.0359. The first-order valence-electron chi connectivity index (χ1n) is 8.56. The Morgan fingerprint density at radius 1 is 1.19 bits per heavy atom. The first-order valence-corrected chi connectivity index (χ1v) is 10.0. The van der Waals surface area contributed by atoms with Gasteiger partial charge in [-0.1, -0.05) is 0 Å². The van der Waals surface area contributed by atoms with Crippen molar-refractivity contribution in [3.8, 4) is 17.5 Å². The van der Waals surface area contributed by atoms with Crippen LogP contribution in [0.15, 0.2) is 33.6 Å². The van der Waals surface area contributed by atoms with Gasteiger partial charge >= 0.3 is 0 Å². The number of nitrogens with zero attached hydrogens (tertiary/aromatic N) is 4. The van der Waals surface area contributed by atoms with Crippen LogP contribution in [0.25, 0.3) is 11.5 Å². The van der Waals surface area contributed by atoms with Crippen LogP contribution in [-0.4, -0.2) is 57.1 Å². The van der Waals surface area contributed by atoms with Gasteiger partial charge in [-0.2, -0.15) is 10.2 Å². The average molecular weight is 390 g/mol. The minimum Gasteiger partial charge on any atom is -0.419 e. The number of hydrogen-bond acceptors (Lipinski definition) is 7. The van der Waals surface area contributed by atoms with Crippen molar-refractivity contribution < 1.29 is 17.6 Å². The van der Waals surface area contributed by atoms with E-state index >= 15 is 0 Å². The van der Waals surface area contributed by atoms with Gasteiger partial charge in [-0.3, -0.25) is 0 Å². The largest absolute Gasteiger partial charge is 0.419 e. The van der Waals surface area contributed by atoms with Crippen molar-refractivity contribution in [3.63, 3.8) is 0 Å². The predicted octanol–water partition coefficient (Wildman–Crippen LogP) is 2.08. The summed E-state index contributed by atoms with van der Waals surface area (Å²) in [6.45, 7) is 5.15. The van der Waals surface area contributed by atoms with Gasteiger partial charge in [0, 0.05) is 32.7 Å². The van der Waals surface area contributed by atoms with Crippen LogP contribution in [0.3, 0.4) is 0 Å². The first kappa shape index (κ1) is 19.4. The quantitative estimate of drug-likeness (QED) is 0.788. The maximum Gasteiger partial charge on any atom is 0.242 e. The molecule has 0 spiro atoms. The molecule has 0 aliphatic carbocycles. The molecule has 2 atom stereocenters. The molecular weight excluding hydrogens is 368 g/mol. The summed E-state index contributed by atoms with van der Waals surface area (Å²) in [5, 5.41) is 9.44. The van der Waals surface area contributed by atoms with E-state index < -0.39 is 10.0 Å². The standard InChI is InChI=1S/C18H22N4O4S/c1-12-10-22(11-13(2)25-12)18-16(9-19)20-17(26-18)14-5-7-15(8-6-14)27(23,24)21(3)4/h5-8,12-13H,10-11H2,1-4H3/t12-,13-/m0/s1. The van der Waals surface area contributed by atoms with E-state index in [2.05, 4.69) is 11.1 Å². The molecular formula is C18H22N4O4S. The Balaban J connectivity index is 1.93. The molecule has 0 radical (unpaired) electrons. The number of morpholine rings is 1. The lowest BCUT2D eigenvalue weighted by atomic mass is 10.2. The Labute approximate surface area is 159 Å². The van der Waals surface area contributed by atoms with E-state index in [0.29, 0.717) is 24.5 Å². The van der Waals surface area contributed by atoms with E-state index in [0.717, 1.165) is 4.31 Å². The highest BCUT2D eigenvalue weighted by atomic mass is 32.2. The number of nitriles is 1. The van der Waals surface area contributed by atoms with Crippen LogP contribution in [0, 0.1) is 11.3 Å². The van der Waals surface area contributed by atoms with Crippen molar-refractivity contribution in [2.24, 2.45) is 0 Å². The lowest BCUT2D eigenvalue weighted by molar-refractivity contribution is -0.00638. The van der Waals surface area contributed by atoms with E-state index in [1.54, 1.807) is 12.1 Å². The summed E-state index contributed by atoms with van der Waals surface area (Å²) in [7, 11) is -0.546. The third-order valence-corrected chi connectivity index (χ3v) is 6.13. The molecule has 1 aliphatic heterocycles. The van der Waals surface area contributed by atoms with E-state index in [4.69, 9.17) is 9.15 Å². The Bertz CT molecular complexity index is 950. The van der Waals surface area contributed by atoms with Crippen LogP contribution in [0.1, 0.15) is 19.5 Å². The van der Waals surface area contributed by atoms with E-state index in [1.165, 1.54) is 26.2 Å². The number of sulfonamides is 1. The minimum absolute atomic E-state index is 0.0179. The topological polar surface area (TPSA) is 99.7 Å². The van der Waals surface area contributed by atoms with Crippen LogP contribution in [0.4, 0.5) is 5.88 Å². The fraction of sp³-hybridized carbons (Fsp3) is 0.444. The second-order valence-electron chi connectivity index (χ2n) is 6.76. The lowest BCUT2D eigenvalue weighted by Crippen LogP contribution is -2.45. The van der Waals surface area contributed by atoms with E-state index in [-0.39, 0.29) is 28.7 Å². The fourth-order valence-corrected chi connectivity index (χ4v) is 3.95. The normalized spacial score (nSPS) is 20.7. The molecule has 0 N–H and O–H groups in total. The molecule has 9 heteroatoms. The third kappa shape index (κ3) is 3.83. The van der Waals surface area contributed by atoms with Gasteiger partial charge < -0.3 is 14.1 Å². The molecule has 0 saturated carbocycles. The van der Waals surface area contributed by atoms with Crippen molar-refractivity contribution >= 4 is 15.9 Å². The van der Waals surface area contributed by atoms with Crippen molar-refractivity contribution in [1.82, 2.24) is 9.29 Å². The molecule has 1 aliphatic rings. The highest BCUT2D eigenvalue weighted by Gasteiger charge is 2.28. The summed E-state index contributed by atoms with van der Waals surface area (Å²) in [6, 6.07) is 8.32. The number of hydrogen-bond donors (Lipinski definition) is 0. The molecule has 27 heavy (non-hydrogen) atoms. The maximum atomic E-state index is 12.2. The zero-order valence-electron chi connectivity index (χ0n) is 15.7. The fourth-order valence-electron chi connectivity index (χ4n) is 3.05. The van der Waals surface area contributed by atoms with Crippen LogP contribution in [-0.2, 0) is 14.8 Å². The molecule has 3 rings (SSSR count). The van der Waals surface area contributed by atoms with Crippen LogP contribution < -0.4 is 4.90 Å². The zero-order valence-corrected chi connectivity index (χ0v) is 16.5. The number of benzene rings is 1. The molecule has 8 nitrogen and oxygen atoms in total. The van der Waals surface area contributed by atoms with Crippen LogP contribution in [0.2, 0.25) is 0 Å². The number of ether oxygens (including phenoxy) is 1. The molecule has 2 heterocycles. The van der Waals surface area contributed by atoms with E-state index in [9.17, 15) is 13.7 Å². The second kappa shape index (κ2) is 7.31. The zero-order chi connectivity index (χ0) is 19.8. The second-order valence-corrected chi connectivity index (χ2v) is 8.91. The summed E-state index contributed by atoms with van der Waals surface area (Å²) in [4.78, 5) is 6.42. The summed E-state index contributed by atoms with van der Waals surface area (Å²) in [5.41, 5.74) is 0.807. The monoisotopic (exact) mass is 390 g/mol. The van der Waals surface area contributed by atoms with Gasteiger partial charge in [0.2, 0.25) is 27.5 Å². The highest BCUT2D eigenvalue weighted by molar-refractivity contribution is 7.89. The Kier molecular flexibility index (Phi) is 5.24. The molecule has 0 unspecified atom stereocenters. The van der Waals surface area contributed by atoms with Gasteiger partial charge in [-0.25, -0.2) is 12.7 Å². The molecule has 144 valence electrons.